The molecular weight excluding hydrogens is 251 g/mol. The fourth-order valence-electron chi connectivity index (χ4n) is 1.12. The predicted octanol–water partition coefficient (Wildman–Crippen LogP) is 2.18. The van der Waals surface area contributed by atoms with E-state index >= 15 is 0 Å². The molecule has 0 aliphatic heterocycles. The van der Waals surface area contributed by atoms with Crippen LogP contribution in [0.3, 0.4) is 0 Å². The first-order valence-electron chi connectivity index (χ1n) is 4.08. The van der Waals surface area contributed by atoms with Crippen molar-refractivity contribution in [1.29, 1.82) is 0 Å². The van der Waals surface area contributed by atoms with Gasteiger partial charge >= 0.3 is 0 Å². The number of carbonyl (C=O) groups excluding carboxylic acids is 1. The van der Waals surface area contributed by atoms with Crippen LogP contribution in [0.2, 0.25) is 0 Å². The summed E-state index contributed by atoms with van der Waals surface area (Å²) in [4.78, 5) is 14.6. The fraction of sp³-hybridized carbons (Fsp3) is 0.333. The van der Waals surface area contributed by atoms with E-state index in [-0.39, 0.29) is 11.6 Å². The summed E-state index contributed by atoms with van der Waals surface area (Å²) in [5.74, 6) is -0.637. The van der Waals surface area contributed by atoms with Crippen molar-refractivity contribution in [3.05, 3.63) is 28.2 Å². The number of rotatable bonds is 2. The standard InChI is InChI=1S/C9H10BrFN2O/c1-5(13-6(2)14)9-8(11)3-7(10)4-12-9/h3-5H,1-2H3,(H,13,14). The number of aromatic nitrogens is 1. The summed E-state index contributed by atoms with van der Waals surface area (Å²) in [5, 5.41) is 2.56. The van der Waals surface area contributed by atoms with Crippen molar-refractivity contribution in [3.8, 4) is 0 Å². The lowest BCUT2D eigenvalue weighted by Crippen LogP contribution is -2.25. The molecule has 3 nitrogen and oxygen atoms in total. The van der Waals surface area contributed by atoms with E-state index < -0.39 is 11.9 Å². The van der Waals surface area contributed by atoms with E-state index in [1.165, 1.54) is 19.2 Å². The van der Waals surface area contributed by atoms with Gasteiger partial charge < -0.3 is 5.32 Å². The molecule has 1 heterocycles. The van der Waals surface area contributed by atoms with Gasteiger partial charge in [0, 0.05) is 17.6 Å². The molecule has 0 aromatic carbocycles. The van der Waals surface area contributed by atoms with Crippen molar-refractivity contribution >= 4 is 21.8 Å². The Morgan fingerprint density at radius 1 is 1.71 bits per heavy atom. The number of hydrogen-bond acceptors (Lipinski definition) is 2. The van der Waals surface area contributed by atoms with Crippen LogP contribution in [0.4, 0.5) is 4.39 Å². The average molecular weight is 261 g/mol. The van der Waals surface area contributed by atoms with Crippen LogP contribution in [0.15, 0.2) is 16.7 Å². The third-order valence-electron chi connectivity index (χ3n) is 1.67. The Morgan fingerprint density at radius 3 is 2.86 bits per heavy atom. The second-order valence-electron chi connectivity index (χ2n) is 2.94. The highest BCUT2D eigenvalue weighted by molar-refractivity contribution is 9.10. The van der Waals surface area contributed by atoms with Crippen molar-refractivity contribution in [2.24, 2.45) is 0 Å². The lowest BCUT2D eigenvalue weighted by Gasteiger charge is -2.12. The van der Waals surface area contributed by atoms with Crippen molar-refractivity contribution in [2.75, 3.05) is 0 Å². The largest absolute Gasteiger partial charge is 0.348 e. The summed E-state index contributed by atoms with van der Waals surface area (Å²) in [6.45, 7) is 3.06. The van der Waals surface area contributed by atoms with Crippen LogP contribution in [0.25, 0.3) is 0 Å². The molecule has 1 rings (SSSR count). The Hall–Kier alpha value is -0.970. The molecule has 76 valence electrons. The Balaban J connectivity index is 2.90. The normalized spacial score (nSPS) is 12.3. The predicted molar refractivity (Wildman–Crippen MR) is 54.1 cm³/mol. The molecule has 1 aromatic rings. The van der Waals surface area contributed by atoms with Gasteiger partial charge in [0.1, 0.15) is 5.82 Å². The van der Waals surface area contributed by atoms with Crippen LogP contribution in [0.5, 0.6) is 0 Å². The summed E-state index contributed by atoms with van der Waals surface area (Å²) < 4.78 is 13.9. The van der Waals surface area contributed by atoms with Gasteiger partial charge in [-0.05, 0) is 28.9 Å². The first-order chi connectivity index (χ1) is 6.50. The molecule has 0 aliphatic carbocycles. The Morgan fingerprint density at radius 2 is 2.36 bits per heavy atom. The number of amides is 1. The van der Waals surface area contributed by atoms with Crippen molar-refractivity contribution in [2.45, 2.75) is 19.9 Å². The zero-order chi connectivity index (χ0) is 10.7. The molecule has 1 unspecified atom stereocenters. The molecule has 1 amide bonds. The zero-order valence-corrected chi connectivity index (χ0v) is 9.43. The highest BCUT2D eigenvalue weighted by atomic mass is 79.9. The van der Waals surface area contributed by atoms with Gasteiger partial charge in [-0.1, -0.05) is 0 Å². The minimum atomic E-state index is -0.430. The van der Waals surface area contributed by atoms with Gasteiger partial charge in [-0.15, -0.1) is 0 Å². The number of carbonyl (C=O) groups is 1. The van der Waals surface area contributed by atoms with Crippen molar-refractivity contribution < 1.29 is 9.18 Å². The fourth-order valence-corrected chi connectivity index (χ4v) is 1.42. The van der Waals surface area contributed by atoms with Crippen LogP contribution in [-0.2, 0) is 4.79 Å². The summed E-state index contributed by atoms with van der Waals surface area (Å²) in [6, 6.07) is 0.904. The molecule has 0 fully saturated rings. The summed E-state index contributed by atoms with van der Waals surface area (Å²) in [6.07, 6.45) is 1.50. The molecule has 0 radical (unpaired) electrons. The van der Waals surface area contributed by atoms with Crippen LogP contribution in [-0.4, -0.2) is 10.9 Å². The van der Waals surface area contributed by atoms with Crippen LogP contribution < -0.4 is 5.32 Å². The summed E-state index contributed by atoms with van der Waals surface area (Å²) in [5.41, 5.74) is 0.239. The van der Waals surface area contributed by atoms with E-state index in [1.807, 2.05) is 0 Å². The highest BCUT2D eigenvalue weighted by Crippen LogP contribution is 2.17. The first kappa shape index (κ1) is 11.1. The molecule has 0 aliphatic rings. The number of nitrogens with zero attached hydrogens (tertiary/aromatic N) is 1. The zero-order valence-electron chi connectivity index (χ0n) is 7.84. The number of nitrogens with one attached hydrogen (secondary N) is 1. The van der Waals surface area contributed by atoms with Gasteiger partial charge in [-0.2, -0.15) is 0 Å². The van der Waals surface area contributed by atoms with Gasteiger partial charge in [0.15, 0.2) is 0 Å². The second kappa shape index (κ2) is 4.50. The minimum absolute atomic E-state index is 0.207. The van der Waals surface area contributed by atoms with Gasteiger partial charge in [-0.3, -0.25) is 9.78 Å². The smallest absolute Gasteiger partial charge is 0.217 e. The third-order valence-corrected chi connectivity index (χ3v) is 2.10. The van der Waals surface area contributed by atoms with E-state index in [0.717, 1.165) is 0 Å². The number of pyridine rings is 1. The molecule has 1 atom stereocenters. The molecule has 0 spiro atoms. The number of hydrogen-bond donors (Lipinski definition) is 1. The van der Waals surface area contributed by atoms with Gasteiger partial charge in [0.25, 0.3) is 0 Å². The molecule has 14 heavy (non-hydrogen) atoms. The molecule has 1 aromatic heterocycles. The molecule has 0 saturated carbocycles. The van der Waals surface area contributed by atoms with Crippen molar-refractivity contribution in [1.82, 2.24) is 10.3 Å². The minimum Gasteiger partial charge on any atom is -0.348 e. The molecule has 5 heteroatoms. The Kier molecular flexibility index (Phi) is 3.57. The lowest BCUT2D eigenvalue weighted by atomic mass is 10.2. The second-order valence-corrected chi connectivity index (χ2v) is 3.86. The van der Waals surface area contributed by atoms with Crippen LogP contribution in [0.1, 0.15) is 25.6 Å². The molecule has 0 saturated heterocycles. The maximum absolute atomic E-state index is 13.3. The van der Waals surface area contributed by atoms with Gasteiger partial charge in [0.2, 0.25) is 5.91 Å². The van der Waals surface area contributed by atoms with E-state index in [1.54, 1.807) is 6.92 Å². The van der Waals surface area contributed by atoms with Crippen LogP contribution >= 0.6 is 15.9 Å². The first-order valence-corrected chi connectivity index (χ1v) is 4.88. The third kappa shape index (κ3) is 2.77. The maximum Gasteiger partial charge on any atom is 0.217 e. The topological polar surface area (TPSA) is 42.0 Å². The highest BCUT2D eigenvalue weighted by Gasteiger charge is 2.13. The van der Waals surface area contributed by atoms with Crippen molar-refractivity contribution in [3.63, 3.8) is 0 Å². The molecular formula is C9H10BrFN2O. The molecule has 0 bridgehead atoms. The maximum atomic E-state index is 13.3. The summed E-state index contributed by atoms with van der Waals surface area (Å²) in [7, 11) is 0. The quantitative estimate of drug-likeness (QED) is 0.886. The van der Waals surface area contributed by atoms with E-state index in [4.69, 9.17) is 0 Å². The van der Waals surface area contributed by atoms with E-state index in [9.17, 15) is 9.18 Å². The van der Waals surface area contributed by atoms with E-state index in [0.29, 0.717) is 4.47 Å². The Bertz CT molecular complexity index is 357. The SMILES string of the molecule is CC(=O)NC(C)c1ncc(Br)cc1F. The van der Waals surface area contributed by atoms with Crippen LogP contribution in [0, 0.1) is 5.82 Å². The Labute approximate surface area is 89.9 Å². The molecule has 1 N–H and O–H groups in total. The number of halogens is 2. The lowest BCUT2D eigenvalue weighted by molar-refractivity contribution is -0.119. The average Bonchev–Trinajstić information content (AvgIpc) is 2.01. The summed E-state index contributed by atoms with van der Waals surface area (Å²) >= 11 is 3.11. The van der Waals surface area contributed by atoms with Gasteiger partial charge in [-0.25, -0.2) is 4.39 Å². The van der Waals surface area contributed by atoms with Gasteiger partial charge in [0.05, 0.1) is 11.7 Å². The van der Waals surface area contributed by atoms with E-state index in [2.05, 4.69) is 26.2 Å². The monoisotopic (exact) mass is 260 g/mol.